The molecule has 0 bridgehead atoms. The standard InChI is InChI=1S/C16H20N2S/c1-14-5-4-6-15(11-14)12-18(9-10-19)13-16-7-2-3-8-17-16/h2-8,11,19H,9-10,12-13H2,1H3. The van der Waals surface area contributed by atoms with Gasteiger partial charge in [0.05, 0.1) is 5.69 Å². The van der Waals surface area contributed by atoms with Crippen LogP contribution in [0.2, 0.25) is 0 Å². The SMILES string of the molecule is Cc1cccc(CN(CCS)Cc2ccccn2)c1. The molecule has 0 amide bonds. The van der Waals surface area contributed by atoms with Gasteiger partial charge in [0.15, 0.2) is 0 Å². The summed E-state index contributed by atoms with van der Waals surface area (Å²) in [6.45, 7) is 4.91. The van der Waals surface area contributed by atoms with Gasteiger partial charge in [-0.1, -0.05) is 35.9 Å². The largest absolute Gasteiger partial charge is 0.292 e. The van der Waals surface area contributed by atoms with Crippen LogP contribution in [0.1, 0.15) is 16.8 Å². The summed E-state index contributed by atoms with van der Waals surface area (Å²) in [6.07, 6.45) is 1.85. The average molecular weight is 272 g/mol. The monoisotopic (exact) mass is 272 g/mol. The van der Waals surface area contributed by atoms with Crippen LogP contribution >= 0.6 is 12.6 Å². The van der Waals surface area contributed by atoms with Crippen LogP contribution in [0.25, 0.3) is 0 Å². The summed E-state index contributed by atoms with van der Waals surface area (Å²) < 4.78 is 0. The summed E-state index contributed by atoms with van der Waals surface area (Å²) >= 11 is 4.35. The summed E-state index contributed by atoms with van der Waals surface area (Å²) in [5, 5.41) is 0. The van der Waals surface area contributed by atoms with E-state index in [1.54, 1.807) is 0 Å². The van der Waals surface area contributed by atoms with Gasteiger partial charge in [0.1, 0.15) is 0 Å². The number of benzene rings is 1. The maximum atomic E-state index is 4.39. The van der Waals surface area contributed by atoms with Gasteiger partial charge in [-0.3, -0.25) is 9.88 Å². The number of nitrogens with zero attached hydrogens (tertiary/aromatic N) is 2. The fourth-order valence-electron chi connectivity index (χ4n) is 2.14. The number of aryl methyl sites for hydroxylation is 1. The molecule has 3 heteroatoms. The highest BCUT2D eigenvalue weighted by Crippen LogP contribution is 2.10. The molecule has 0 atom stereocenters. The van der Waals surface area contributed by atoms with Gasteiger partial charge in [-0.25, -0.2) is 0 Å². The Morgan fingerprint density at radius 2 is 2.00 bits per heavy atom. The van der Waals surface area contributed by atoms with Gasteiger partial charge in [0.2, 0.25) is 0 Å². The van der Waals surface area contributed by atoms with Gasteiger partial charge in [-0.05, 0) is 24.6 Å². The first-order valence-electron chi connectivity index (χ1n) is 6.56. The molecule has 2 nitrogen and oxygen atoms in total. The first-order valence-corrected chi connectivity index (χ1v) is 7.20. The normalized spacial score (nSPS) is 10.9. The third kappa shape index (κ3) is 4.69. The lowest BCUT2D eigenvalue weighted by atomic mass is 10.1. The first kappa shape index (κ1) is 14.1. The lowest BCUT2D eigenvalue weighted by Crippen LogP contribution is -2.25. The summed E-state index contributed by atoms with van der Waals surface area (Å²) in [4.78, 5) is 6.77. The second-order valence-corrected chi connectivity index (χ2v) is 5.19. The van der Waals surface area contributed by atoms with Crippen LogP contribution in [0, 0.1) is 6.92 Å². The zero-order chi connectivity index (χ0) is 13.5. The van der Waals surface area contributed by atoms with Crippen molar-refractivity contribution >= 4 is 12.6 Å². The summed E-state index contributed by atoms with van der Waals surface area (Å²) in [5.41, 5.74) is 3.76. The van der Waals surface area contributed by atoms with E-state index < -0.39 is 0 Å². The van der Waals surface area contributed by atoms with E-state index in [-0.39, 0.29) is 0 Å². The second kappa shape index (κ2) is 7.31. The topological polar surface area (TPSA) is 16.1 Å². The number of hydrogen-bond acceptors (Lipinski definition) is 3. The Morgan fingerprint density at radius 1 is 1.11 bits per heavy atom. The molecular weight excluding hydrogens is 252 g/mol. The minimum absolute atomic E-state index is 0.860. The lowest BCUT2D eigenvalue weighted by molar-refractivity contribution is 0.270. The zero-order valence-corrected chi connectivity index (χ0v) is 12.2. The Labute approximate surface area is 120 Å². The molecule has 0 radical (unpaired) electrons. The van der Waals surface area contributed by atoms with E-state index in [4.69, 9.17) is 0 Å². The molecule has 2 aromatic rings. The van der Waals surface area contributed by atoms with Crippen molar-refractivity contribution in [1.29, 1.82) is 0 Å². The van der Waals surface area contributed by atoms with Crippen molar-refractivity contribution in [2.45, 2.75) is 20.0 Å². The number of hydrogen-bond donors (Lipinski definition) is 1. The highest BCUT2D eigenvalue weighted by Gasteiger charge is 2.07. The molecule has 0 unspecified atom stereocenters. The molecular formula is C16H20N2S. The molecule has 19 heavy (non-hydrogen) atoms. The summed E-state index contributed by atoms with van der Waals surface area (Å²) in [7, 11) is 0. The Kier molecular flexibility index (Phi) is 5.43. The van der Waals surface area contributed by atoms with E-state index in [2.05, 4.69) is 59.8 Å². The third-order valence-electron chi connectivity index (χ3n) is 3.02. The van der Waals surface area contributed by atoms with E-state index in [9.17, 15) is 0 Å². The van der Waals surface area contributed by atoms with Gasteiger partial charge in [-0.2, -0.15) is 12.6 Å². The van der Waals surface area contributed by atoms with Crippen LogP contribution in [0.3, 0.4) is 0 Å². The van der Waals surface area contributed by atoms with E-state index in [0.717, 1.165) is 31.1 Å². The third-order valence-corrected chi connectivity index (χ3v) is 3.22. The second-order valence-electron chi connectivity index (χ2n) is 4.74. The molecule has 0 saturated carbocycles. The Morgan fingerprint density at radius 3 is 2.68 bits per heavy atom. The Balaban J connectivity index is 2.04. The van der Waals surface area contributed by atoms with Crippen molar-refractivity contribution in [1.82, 2.24) is 9.88 Å². The van der Waals surface area contributed by atoms with Crippen molar-refractivity contribution in [3.8, 4) is 0 Å². The van der Waals surface area contributed by atoms with E-state index in [1.807, 2.05) is 18.3 Å². The van der Waals surface area contributed by atoms with Crippen LogP contribution in [-0.4, -0.2) is 22.2 Å². The van der Waals surface area contributed by atoms with Crippen molar-refractivity contribution < 1.29 is 0 Å². The molecule has 1 heterocycles. The fraction of sp³-hybridized carbons (Fsp3) is 0.312. The van der Waals surface area contributed by atoms with E-state index >= 15 is 0 Å². The number of rotatable bonds is 6. The molecule has 0 aliphatic heterocycles. The first-order chi connectivity index (χ1) is 9.28. The molecule has 0 aliphatic rings. The van der Waals surface area contributed by atoms with E-state index in [0.29, 0.717) is 0 Å². The van der Waals surface area contributed by atoms with Crippen LogP contribution in [0.15, 0.2) is 48.7 Å². The van der Waals surface area contributed by atoms with Crippen LogP contribution < -0.4 is 0 Å². The average Bonchev–Trinajstić information content (AvgIpc) is 2.40. The number of pyridine rings is 1. The molecule has 0 spiro atoms. The molecule has 0 aliphatic carbocycles. The van der Waals surface area contributed by atoms with Crippen LogP contribution in [0.5, 0.6) is 0 Å². The Bertz CT molecular complexity index is 499. The molecule has 100 valence electrons. The number of thiol groups is 1. The smallest absolute Gasteiger partial charge is 0.0544 e. The van der Waals surface area contributed by atoms with Gasteiger partial charge in [0, 0.05) is 31.6 Å². The maximum absolute atomic E-state index is 4.39. The Hall–Kier alpha value is -1.32. The minimum Gasteiger partial charge on any atom is -0.292 e. The fourth-order valence-corrected chi connectivity index (χ4v) is 2.43. The van der Waals surface area contributed by atoms with Gasteiger partial charge >= 0.3 is 0 Å². The van der Waals surface area contributed by atoms with Gasteiger partial charge in [-0.15, -0.1) is 0 Å². The predicted molar refractivity (Wildman–Crippen MR) is 83.4 cm³/mol. The minimum atomic E-state index is 0.860. The molecule has 0 saturated heterocycles. The van der Waals surface area contributed by atoms with Crippen molar-refractivity contribution in [2.24, 2.45) is 0 Å². The van der Waals surface area contributed by atoms with Gasteiger partial charge in [0.25, 0.3) is 0 Å². The lowest BCUT2D eigenvalue weighted by Gasteiger charge is -2.21. The van der Waals surface area contributed by atoms with E-state index in [1.165, 1.54) is 11.1 Å². The molecule has 0 fully saturated rings. The predicted octanol–water partition coefficient (Wildman–Crippen LogP) is 3.32. The van der Waals surface area contributed by atoms with Crippen LogP contribution in [0.4, 0.5) is 0 Å². The highest BCUT2D eigenvalue weighted by molar-refractivity contribution is 7.80. The molecule has 1 aromatic heterocycles. The van der Waals surface area contributed by atoms with Crippen LogP contribution in [-0.2, 0) is 13.1 Å². The van der Waals surface area contributed by atoms with Crippen molar-refractivity contribution in [3.63, 3.8) is 0 Å². The maximum Gasteiger partial charge on any atom is 0.0544 e. The highest BCUT2D eigenvalue weighted by atomic mass is 32.1. The molecule has 2 rings (SSSR count). The summed E-state index contributed by atoms with van der Waals surface area (Å²) in [6, 6.07) is 14.7. The quantitative estimate of drug-likeness (QED) is 0.812. The number of aromatic nitrogens is 1. The van der Waals surface area contributed by atoms with Gasteiger partial charge < -0.3 is 0 Å². The summed E-state index contributed by atoms with van der Waals surface area (Å²) in [5.74, 6) is 0.860. The zero-order valence-electron chi connectivity index (χ0n) is 11.3. The molecule has 0 N–H and O–H groups in total. The van der Waals surface area contributed by atoms with Crippen molar-refractivity contribution in [2.75, 3.05) is 12.3 Å². The molecule has 1 aromatic carbocycles. The van der Waals surface area contributed by atoms with Crippen molar-refractivity contribution in [3.05, 3.63) is 65.5 Å².